The Morgan fingerprint density at radius 3 is 2.33 bits per heavy atom. The van der Waals surface area contributed by atoms with E-state index in [1.54, 1.807) is 24.3 Å². The van der Waals surface area contributed by atoms with Crippen LogP contribution in [0.5, 0.6) is 11.5 Å². The van der Waals surface area contributed by atoms with Crippen molar-refractivity contribution < 1.29 is 24.2 Å². The van der Waals surface area contributed by atoms with Crippen molar-refractivity contribution in [3.05, 3.63) is 24.3 Å². The minimum Gasteiger partial charge on any atom is -0.497 e. The van der Waals surface area contributed by atoms with Crippen LogP contribution < -0.4 is 15.2 Å². The predicted octanol–water partition coefficient (Wildman–Crippen LogP) is 0.793. The summed E-state index contributed by atoms with van der Waals surface area (Å²) in [5, 5.41) is 8.47. The number of aliphatic carboxylic acids is 1. The van der Waals surface area contributed by atoms with Crippen LogP contribution in [0, 0.1) is 0 Å². The van der Waals surface area contributed by atoms with E-state index >= 15 is 0 Å². The third-order valence-electron chi connectivity index (χ3n) is 2.25. The van der Waals surface area contributed by atoms with Gasteiger partial charge in [0.25, 0.3) is 0 Å². The zero-order valence-corrected chi connectivity index (χ0v) is 9.96. The van der Waals surface area contributed by atoms with E-state index in [-0.39, 0.29) is 12.8 Å². The minimum absolute atomic E-state index is 0.0460. The van der Waals surface area contributed by atoms with Crippen LogP contribution in [0.2, 0.25) is 0 Å². The summed E-state index contributed by atoms with van der Waals surface area (Å²) in [5.74, 6) is -0.666. The highest BCUT2D eigenvalue weighted by molar-refractivity contribution is 5.78. The second-order valence-corrected chi connectivity index (χ2v) is 3.64. The molecular formula is C12H15NO5. The molecule has 0 radical (unpaired) electrons. The van der Waals surface area contributed by atoms with Gasteiger partial charge in [-0.1, -0.05) is 0 Å². The summed E-state index contributed by atoms with van der Waals surface area (Å²) in [6.07, 6.45) is -0.122. The lowest BCUT2D eigenvalue weighted by Crippen LogP contribution is -2.34. The first kappa shape index (κ1) is 14.0. The number of carbonyl (C=O) groups excluding carboxylic acids is 1. The molecule has 6 nitrogen and oxygen atoms in total. The third-order valence-corrected chi connectivity index (χ3v) is 2.25. The Morgan fingerprint density at radius 2 is 1.83 bits per heavy atom. The summed E-state index contributed by atoms with van der Waals surface area (Å²) in [6, 6.07) is 5.49. The molecule has 0 heterocycles. The molecule has 18 heavy (non-hydrogen) atoms. The van der Waals surface area contributed by atoms with Gasteiger partial charge in [-0.15, -0.1) is 0 Å². The molecule has 3 N–H and O–H groups in total. The minimum atomic E-state index is -0.998. The van der Waals surface area contributed by atoms with Crippen LogP contribution >= 0.6 is 0 Å². The average molecular weight is 253 g/mol. The first-order valence-electron chi connectivity index (χ1n) is 5.36. The molecular weight excluding hydrogens is 238 g/mol. The Balaban J connectivity index is 2.49. The predicted molar refractivity (Wildman–Crippen MR) is 63.5 cm³/mol. The van der Waals surface area contributed by atoms with Crippen molar-refractivity contribution in [2.24, 2.45) is 5.73 Å². The number of hydrogen-bond acceptors (Lipinski definition) is 5. The van der Waals surface area contributed by atoms with E-state index in [1.165, 1.54) is 7.11 Å². The summed E-state index contributed by atoms with van der Waals surface area (Å²) in [5.41, 5.74) is 5.51. The van der Waals surface area contributed by atoms with Crippen LogP contribution in [0.4, 0.5) is 0 Å². The van der Waals surface area contributed by atoms with Crippen LogP contribution in [-0.4, -0.2) is 30.2 Å². The van der Waals surface area contributed by atoms with Gasteiger partial charge in [0.2, 0.25) is 0 Å². The van der Waals surface area contributed by atoms with E-state index in [4.69, 9.17) is 20.3 Å². The van der Waals surface area contributed by atoms with Gasteiger partial charge in [0.15, 0.2) is 0 Å². The Hall–Kier alpha value is -2.08. The van der Waals surface area contributed by atoms with Gasteiger partial charge < -0.3 is 20.3 Å². The van der Waals surface area contributed by atoms with Crippen molar-refractivity contribution in [1.82, 2.24) is 0 Å². The van der Waals surface area contributed by atoms with E-state index in [0.29, 0.717) is 11.5 Å². The van der Waals surface area contributed by atoms with Gasteiger partial charge in [-0.05, 0) is 30.7 Å². The number of carboxylic acids is 1. The molecule has 1 rings (SSSR count). The summed E-state index contributed by atoms with van der Waals surface area (Å²) >= 11 is 0. The second-order valence-electron chi connectivity index (χ2n) is 3.64. The second kappa shape index (κ2) is 6.61. The largest absolute Gasteiger partial charge is 0.497 e. The highest BCUT2D eigenvalue weighted by atomic mass is 16.5. The normalized spacial score (nSPS) is 11.7. The Morgan fingerprint density at radius 1 is 1.28 bits per heavy atom. The van der Waals surface area contributed by atoms with Crippen molar-refractivity contribution >= 4 is 11.9 Å². The Bertz CT molecular complexity index is 415. The topological polar surface area (TPSA) is 98.9 Å². The molecule has 1 atom stereocenters. The van der Waals surface area contributed by atoms with Gasteiger partial charge in [0.1, 0.15) is 17.5 Å². The fourth-order valence-corrected chi connectivity index (χ4v) is 1.23. The molecule has 0 saturated carbocycles. The fourth-order valence-electron chi connectivity index (χ4n) is 1.23. The molecule has 0 aliphatic carbocycles. The first-order valence-corrected chi connectivity index (χ1v) is 5.36. The molecule has 0 spiro atoms. The lowest BCUT2D eigenvalue weighted by atomic mass is 10.2. The SMILES string of the molecule is COc1ccc(OC(=O)C(N)CCC(=O)O)cc1. The van der Waals surface area contributed by atoms with E-state index < -0.39 is 18.0 Å². The van der Waals surface area contributed by atoms with Crippen LogP contribution in [0.25, 0.3) is 0 Å². The highest BCUT2D eigenvalue weighted by Crippen LogP contribution is 2.17. The lowest BCUT2D eigenvalue weighted by molar-refractivity contribution is -0.138. The van der Waals surface area contributed by atoms with Crippen molar-refractivity contribution in [3.63, 3.8) is 0 Å². The molecule has 0 fully saturated rings. The smallest absolute Gasteiger partial charge is 0.328 e. The van der Waals surface area contributed by atoms with E-state index in [2.05, 4.69) is 0 Å². The first-order chi connectivity index (χ1) is 8.52. The molecule has 1 aromatic rings. The molecule has 0 aromatic heterocycles. The highest BCUT2D eigenvalue weighted by Gasteiger charge is 2.17. The maximum Gasteiger partial charge on any atom is 0.328 e. The van der Waals surface area contributed by atoms with Crippen molar-refractivity contribution in [2.45, 2.75) is 18.9 Å². The number of ether oxygens (including phenoxy) is 2. The molecule has 6 heteroatoms. The van der Waals surface area contributed by atoms with E-state index in [0.717, 1.165) is 0 Å². The lowest BCUT2D eigenvalue weighted by Gasteiger charge is -2.10. The van der Waals surface area contributed by atoms with Gasteiger partial charge in [0, 0.05) is 6.42 Å². The van der Waals surface area contributed by atoms with Gasteiger partial charge in [0.05, 0.1) is 7.11 Å². The average Bonchev–Trinajstić information content (AvgIpc) is 2.36. The van der Waals surface area contributed by atoms with E-state index in [9.17, 15) is 9.59 Å². The zero-order chi connectivity index (χ0) is 13.5. The maximum absolute atomic E-state index is 11.5. The molecule has 98 valence electrons. The van der Waals surface area contributed by atoms with Crippen molar-refractivity contribution in [2.75, 3.05) is 7.11 Å². The number of carbonyl (C=O) groups is 2. The number of benzene rings is 1. The molecule has 1 aromatic carbocycles. The van der Waals surface area contributed by atoms with Gasteiger partial charge in [-0.25, -0.2) is 4.79 Å². The zero-order valence-electron chi connectivity index (χ0n) is 9.96. The summed E-state index contributed by atoms with van der Waals surface area (Å²) in [7, 11) is 1.53. The summed E-state index contributed by atoms with van der Waals surface area (Å²) in [6.45, 7) is 0. The molecule has 0 aliphatic heterocycles. The molecule has 1 unspecified atom stereocenters. The van der Waals surface area contributed by atoms with Gasteiger partial charge >= 0.3 is 11.9 Å². The van der Waals surface area contributed by atoms with Crippen molar-refractivity contribution in [3.8, 4) is 11.5 Å². The Kier molecular flexibility index (Phi) is 5.13. The third kappa shape index (κ3) is 4.42. The Labute approximate surface area is 104 Å². The maximum atomic E-state index is 11.5. The van der Waals surface area contributed by atoms with Gasteiger partial charge in [-0.3, -0.25) is 4.79 Å². The number of methoxy groups -OCH3 is 1. The van der Waals surface area contributed by atoms with Crippen LogP contribution in [0.3, 0.4) is 0 Å². The summed E-state index contributed by atoms with van der Waals surface area (Å²) in [4.78, 5) is 21.8. The fraction of sp³-hybridized carbons (Fsp3) is 0.333. The standard InChI is InChI=1S/C12H15NO5/c1-17-8-2-4-9(5-3-8)18-12(16)10(13)6-7-11(14)15/h2-5,10H,6-7,13H2,1H3,(H,14,15). The quantitative estimate of drug-likeness (QED) is 0.574. The molecule has 0 saturated heterocycles. The van der Waals surface area contributed by atoms with Crippen LogP contribution in [-0.2, 0) is 9.59 Å². The number of esters is 1. The van der Waals surface area contributed by atoms with Crippen LogP contribution in [0.15, 0.2) is 24.3 Å². The number of nitrogens with two attached hydrogens (primary N) is 1. The molecule has 0 bridgehead atoms. The van der Waals surface area contributed by atoms with E-state index in [1.807, 2.05) is 0 Å². The van der Waals surface area contributed by atoms with Gasteiger partial charge in [-0.2, -0.15) is 0 Å². The molecule has 0 amide bonds. The molecule has 0 aliphatic rings. The number of hydrogen-bond donors (Lipinski definition) is 2. The monoisotopic (exact) mass is 253 g/mol. The summed E-state index contributed by atoms with van der Waals surface area (Å²) < 4.78 is 9.95. The van der Waals surface area contributed by atoms with Crippen molar-refractivity contribution in [1.29, 1.82) is 0 Å². The van der Waals surface area contributed by atoms with Crippen LogP contribution in [0.1, 0.15) is 12.8 Å². The number of carboxylic acid groups (broad SMARTS) is 1. The number of rotatable bonds is 6.